The lowest BCUT2D eigenvalue weighted by Crippen LogP contribution is -2.48. The summed E-state index contributed by atoms with van der Waals surface area (Å²) >= 11 is 0. The first-order valence-electron chi connectivity index (χ1n) is 17.0. The lowest BCUT2D eigenvalue weighted by molar-refractivity contribution is -0.131. The van der Waals surface area contributed by atoms with Crippen LogP contribution >= 0.6 is 0 Å². The lowest BCUT2D eigenvalue weighted by atomic mass is 9.93. The number of carbonyl (C=O) groups excluding carboxylic acids is 2. The van der Waals surface area contributed by atoms with Crippen molar-refractivity contribution in [2.75, 3.05) is 53.5 Å². The number of aromatic amines is 1. The highest BCUT2D eigenvalue weighted by molar-refractivity contribution is 6.05. The Balaban J connectivity index is 1.15. The Morgan fingerprint density at radius 2 is 1.73 bits per heavy atom. The third kappa shape index (κ3) is 7.07. The van der Waals surface area contributed by atoms with Gasteiger partial charge in [-0.3, -0.25) is 19.2 Å². The molecule has 1 fully saturated rings. The van der Waals surface area contributed by atoms with Crippen LogP contribution in [0.4, 0.5) is 8.78 Å². The van der Waals surface area contributed by atoms with E-state index in [2.05, 4.69) is 20.2 Å². The first kappa shape index (κ1) is 33.9. The fourth-order valence-corrected chi connectivity index (χ4v) is 6.87. The number of fused-ring (bicyclic) bond motifs is 1. The first-order valence-corrected chi connectivity index (χ1v) is 17.0. The summed E-state index contributed by atoms with van der Waals surface area (Å²) in [4.78, 5) is 35.8. The zero-order chi connectivity index (χ0) is 35.5. The molecule has 1 saturated heterocycles. The van der Waals surface area contributed by atoms with Crippen molar-refractivity contribution in [3.05, 3.63) is 102 Å². The van der Waals surface area contributed by atoms with E-state index in [4.69, 9.17) is 9.47 Å². The zero-order valence-corrected chi connectivity index (χ0v) is 28.6. The molecule has 0 spiro atoms. The number of piperazine rings is 1. The molecular formula is C38H39F2N7O4. The summed E-state index contributed by atoms with van der Waals surface area (Å²) in [6.07, 6.45) is 6.08. The van der Waals surface area contributed by atoms with E-state index in [9.17, 15) is 14.0 Å². The minimum absolute atomic E-state index is 0.0514. The van der Waals surface area contributed by atoms with Gasteiger partial charge in [0.15, 0.2) is 5.82 Å². The SMILES string of the molecule is COc1ccc(CN2CCN(C(=O)c3cc4c(-c5ccccc5OC)cc(C5=CCCN(C(=O)CCn6ccnn6)C5)c(F)c4[nH]3)CC2)c(F)c1. The van der Waals surface area contributed by atoms with Crippen molar-refractivity contribution in [3.63, 3.8) is 0 Å². The molecule has 11 nitrogen and oxygen atoms in total. The van der Waals surface area contributed by atoms with Crippen molar-refractivity contribution < 1.29 is 27.8 Å². The second-order valence-electron chi connectivity index (χ2n) is 12.7. The Morgan fingerprint density at radius 1 is 0.902 bits per heavy atom. The van der Waals surface area contributed by atoms with Crippen LogP contribution in [0.3, 0.4) is 0 Å². The molecule has 1 N–H and O–H groups in total. The van der Waals surface area contributed by atoms with Gasteiger partial charge in [-0.2, -0.15) is 0 Å². The van der Waals surface area contributed by atoms with Gasteiger partial charge in [-0.05, 0) is 41.8 Å². The molecule has 7 rings (SSSR count). The average Bonchev–Trinajstić information content (AvgIpc) is 3.86. The molecule has 0 atom stereocenters. The van der Waals surface area contributed by atoms with Gasteiger partial charge >= 0.3 is 0 Å². The second-order valence-corrected chi connectivity index (χ2v) is 12.7. The number of rotatable bonds is 10. The molecule has 0 unspecified atom stereocenters. The van der Waals surface area contributed by atoms with E-state index in [0.29, 0.717) is 91.4 Å². The molecule has 51 heavy (non-hydrogen) atoms. The molecule has 0 aliphatic carbocycles. The van der Waals surface area contributed by atoms with Gasteiger partial charge in [0.2, 0.25) is 5.91 Å². The number of para-hydroxylation sites is 1. The van der Waals surface area contributed by atoms with E-state index < -0.39 is 5.82 Å². The summed E-state index contributed by atoms with van der Waals surface area (Å²) in [5, 5.41) is 8.28. The molecule has 13 heteroatoms. The third-order valence-electron chi connectivity index (χ3n) is 9.67. The zero-order valence-electron chi connectivity index (χ0n) is 28.6. The quantitative estimate of drug-likeness (QED) is 0.209. The fraction of sp³-hybridized carbons (Fsp3) is 0.316. The van der Waals surface area contributed by atoms with E-state index >= 15 is 4.39 Å². The van der Waals surface area contributed by atoms with Crippen molar-refractivity contribution >= 4 is 28.3 Å². The van der Waals surface area contributed by atoms with Crippen LogP contribution in [0.1, 0.15) is 34.5 Å². The molecule has 2 aromatic heterocycles. The summed E-state index contributed by atoms with van der Waals surface area (Å²) in [6.45, 7) is 3.60. The highest BCUT2D eigenvalue weighted by Crippen LogP contribution is 2.40. The van der Waals surface area contributed by atoms with E-state index in [1.165, 1.54) is 13.2 Å². The van der Waals surface area contributed by atoms with Gasteiger partial charge in [0, 0.05) is 86.6 Å². The number of carbonyl (C=O) groups is 2. The molecule has 4 heterocycles. The van der Waals surface area contributed by atoms with Crippen LogP contribution in [-0.4, -0.2) is 100.0 Å². The highest BCUT2D eigenvalue weighted by atomic mass is 19.1. The molecule has 0 bridgehead atoms. The number of methoxy groups -OCH3 is 2. The Morgan fingerprint density at radius 3 is 2.47 bits per heavy atom. The standard InChI is InChI=1S/C38H39F2N7O4/c1-50-27-10-9-26(32(39)20-27)23-44-16-18-45(19-17-44)38(49)33-22-31-30(28-7-3-4-8-34(28)51-2)21-29(36(40)37(31)42-33)25-6-5-13-46(24-25)35(48)11-14-47-15-12-41-43-47/h3-4,6-10,12,15,20-22,42H,5,11,13-14,16-19,23-24H2,1-2H3. The number of aryl methyl sites for hydroxylation is 1. The fourth-order valence-electron chi connectivity index (χ4n) is 6.87. The third-order valence-corrected chi connectivity index (χ3v) is 9.67. The maximum absolute atomic E-state index is 16.7. The van der Waals surface area contributed by atoms with Crippen molar-refractivity contribution in [2.45, 2.75) is 25.9 Å². The molecular weight excluding hydrogens is 656 g/mol. The van der Waals surface area contributed by atoms with Crippen molar-refractivity contribution in [1.29, 1.82) is 0 Å². The summed E-state index contributed by atoms with van der Waals surface area (Å²) in [6, 6.07) is 15.8. The molecule has 2 amide bonds. The molecule has 0 radical (unpaired) electrons. The topological polar surface area (TPSA) is 109 Å². The van der Waals surface area contributed by atoms with E-state index in [1.54, 1.807) is 58.3 Å². The predicted molar refractivity (Wildman–Crippen MR) is 188 cm³/mol. The number of hydrogen-bond acceptors (Lipinski definition) is 7. The molecule has 264 valence electrons. The number of halogens is 2. The Bertz CT molecular complexity index is 2090. The van der Waals surface area contributed by atoms with Crippen molar-refractivity contribution in [3.8, 4) is 22.6 Å². The summed E-state index contributed by atoms with van der Waals surface area (Å²) in [5.41, 5.74) is 3.55. The Hall–Kier alpha value is -5.56. The number of benzene rings is 3. The highest BCUT2D eigenvalue weighted by Gasteiger charge is 2.28. The number of hydrogen-bond donors (Lipinski definition) is 1. The van der Waals surface area contributed by atoms with Gasteiger partial charge in [0.1, 0.15) is 23.0 Å². The van der Waals surface area contributed by atoms with Gasteiger partial charge in [-0.1, -0.05) is 35.6 Å². The van der Waals surface area contributed by atoms with Gasteiger partial charge in [0.25, 0.3) is 5.91 Å². The predicted octanol–water partition coefficient (Wildman–Crippen LogP) is 5.39. The summed E-state index contributed by atoms with van der Waals surface area (Å²) in [7, 11) is 3.09. The molecule has 3 aromatic carbocycles. The summed E-state index contributed by atoms with van der Waals surface area (Å²) in [5.74, 6) is -0.0383. The second kappa shape index (κ2) is 14.7. The largest absolute Gasteiger partial charge is 0.497 e. The number of H-pyrrole nitrogens is 1. The monoisotopic (exact) mass is 695 g/mol. The number of ether oxygens (including phenoxy) is 2. The maximum Gasteiger partial charge on any atom is 0.270 e. The van der Waals surface area contributed by atoms with Crippen LogP contribution < -0.4 is 9.47 Å². The van der Waals surface area contributed by atoms with Crippen LogP contribution in [0, 0.1) is 11.6 Å². The smallest absolute Gasteiger partial charge is 0.270 e. The van der Waals surface area contributed by atoms with Crippen molar-refractivity contribution in [2.24, 2.45) is 0 Å². The van der Waals surface area contributed by atoms with Gasteiger partial charge < -0.3 is 24.3 Å². The molecule has 5 aromatic rings. The molecule has 2 aliphatic rings. The van der Waals surface area contributed by atoms with E-state index in [1.807, 2.05) is 30.3 Å². The lowest BCUT2D eigenvalue weighted by Gasteiger charge is -2.34. The average molecular weight is 696 g/mol. The minimum atomic E-state index is -0.489. The van der Waals surface area contributed by atoms with Crippen molar-refractivity contribution in [1.82, 2.24) is 34.7 Å². The number of aromatic nitrogens is 4. The van der Waals surface area contributed by atoms with Gasteiger partial charge in [-0.15, -0.1) is 5.10 Å². The van der Waals surface area contributed by atoms with Crippen LogP contribution in [0.15, 0.2) is 73.1 Å². The number of amides is 2. The van der Waals surface area contributed by atoms with Crippen LogP contribution in [0.2, 0.25) is 0 Å². The first-order chi connectivity index (χ1) is 24.8. The van der Waals surface area contributed by atoms with Crippen LogP contribution in [0.5, 0.6) is 11.5 Å². The Labute approximate surface area is 294 Å². The Kier molecular flexibility index (Phi) is 9.80. The van der Waals surface area contributed by atoms with E-state index in [0.717, 1.165) is 5.56 Å². The maximum atomic E-state index is 16.7. The van der Waals surface area contributed by atoms with Gasteiger partial charge in [-0.25, -0.2) is 8.78 Å². The van der Waals surface area contributed by atoms with Crippen LogP contribution in [-0.2, 0) is 17.9 Å². The van der Waals surface area contributed by atoms with Crippen LogP contribution in [0.25, 0.3) is 27.6 Å². The molecule has 2 aliphatic heterocycles. The van der Waals surface area contributed by atoms with E-state index in [-0.39, 0.29) is 41.8 Å². The minimum Gasteiger partial charge on any atom is -0.497 e. The number of nitrogens with zero attached hydrogens (tertiary/aromatic N) is 6. The normalized spacial score (nSPS) is 15.3. The molecule has 0 saturated carbocycles. The number of nitrogens with one attached hydrogen (secondary N) is 1. The van der Waals surface area contributed by atoms with Gasteiger partial charge in [0.05, 0.1) is 32.5 Å². The summed E-state index contributed by atoms with van der Waals surface area (Å²) < 4.78 is 43.7.